The Labute approximate surface area is 307 Å². The van der Waals surface area contributed by atoms with Crippen LogP contribution in [-0.2, 0) is 29.6 Å². The van der Waals surface area contributed by atoms with Gasteiger partial charge >= 0.3 is 11.9 Å². The van der Waals surface area contributed by atoms with Gasteiger partial charge in [0, 0.05) is 24.2 Å². The van der Waals surface area contributed by atoms with Crippen molar-refractivity contribution >= 4 is 44.1 Å². The Balaban J connectivity index is 1.25. The van der Waals surface area contributed by atoms with E-state index < -0.39 is 66.8 Å². The van der Waals surface area contributed by atoms with E-state index in [1.807, 2.05) is 0 Å². The molecule has 0 aliphatic rings. The number of halogens is 4. The summed E-state index contributed by atoms with van der Waals surface area (Å²) in [6, 6.07) is 12.9. The van der Waals surface area contributed by atoms with E-state index in [2.05, 4.69) is 9.44 Å². The highest BCUT2D eigenvalue weighted by molar-refractivity contribution is 7.89. The molecule has 4 aromatic rings. The van der Waals surface area contributed by atoms with Crippen molar-refractivity contribution in [3.8, 4) is 23.0 Å². The average molecular weight is 793 g/mol. The fraction of sp³-hybridized carbons (Fsp3) is 0.167. The van der Waals surface area contributed by atoms with Gasteiger partial charge in [-0.05, 0) is 123 Å². The Hall–Kier alpha value is -5.56. The molecular weight excluding hydrogens is 761 g/mol. The van der Waals surface area contributed by atoms with E-state index in [4.69, 9.17) is 19.7 Å². The summed E-state index contributed by atoms with van der Waals surface area (Å²) >= 11 is 0. The zero-order valence-electron chi connectivity index (χ0n) is 28.4. The fourth-order valence-corrected chi connectivity index (χ4v) is 6.73. The highest BCUT2D eigenvalue weighted by Gasteiger charge is 2.19. The summed E-state index contributed by atoms with van der Waals surface area (Å²) in [7, 11) is -8.04. The summed E-state index contributed by atoms with van der Waals surface area (Å²) in [5, 5.41) is 17.9. The summed E-state index contributed by atoms with van der Waals surface area (Å²) in [6.07, 6.45) is 2.62. The minimum Gasteiger partial charge on any atom is -0.478 e. The molecule has 0 spiro atoms. The average Bonchev–Trinajstić information content (AvgIpc) is 3.10. The second-order valence-corrected chi connectivity index (χ2v) is 15.1. The standard InChI is InChI=1S/C36H32F4N2O10S2/c1-21(35(43)44)15-23-17-29(37)33(30(38)18-23)51-25-5-9-27(10-6-25)53(47,48)41-13-3-4-14-42-54(49,50)28-11-7-26(8-12-28)52-34-31(39)19-24(20-32(34)40)16-22(2)36(45)46/h5-12,15-20,41-42H,3-4,13-14H2,1-2H3,(H,43,44)(H,45,46)/b21-15+,22-16+. The van der Waals surface area contributed by atoms with Crippen molar-refractivity contribution in [3.05, 3.63) is 118 Å². The van der Waals surface area contributed by atoms with E-state index in [0.29, 0.717) is 0 Å². The Morgan fingerprint density at radius 2 is 0.889 bits per heavy atom. The third-order valence-corrected chi connectivity index (χ3v) is 10.3. The van der Waals surface area contributed by atoms with E-state index >= 15 is 0 Å². The van der Waals surface area contributed by atoms with Crippen molar-refractivity contribution in [2.45, 2.75) is 36.5 Å². The van der Waals surface area contributed by atoms with Gasteiger partial charge in [0.05, 0.1) is 9.79 Å². The number of carboxylic acid groups (broad SMARTS) is 2. The van der Waals surface area contributed by atoms with Crippen LogP contribution in [0.2, 0.25) is 0 Å². The van der Waals surface area contributed by atoms with E-state index in [0.717, 1.165) is 60.7 Å². The molecule has 0 radical (unpaired) electrons. The Bertz CT molecular complexity index is 2120. The third-order valence-electron chi connectivity index (χ3n) is 7.38. The zero-order valence-corrected chi connectivity index (χ0v) is 30.0. The third kappa shape index (κ3) is 11.0. The number of hydrogen-bond donors (Lipinski definition) is 4. The number of sulfonamides is 2. The number of ether oxygens (including phenoxy) is 2. The maximum absolute atomic E-state index is 14.5. The summed E-state index contributed by atoms with van der Waals surface area (Å²) in [6.45, 7) is 2.40. The molecule has 4 aromatic carbocycles. The highest BCUT2D eigenvalue weighted by Crippen LogP contribution is 2.31. The monoisotopic (exact) mass is 792 g/mol. The van der Waals surface area contributed by atoms with Crippen LogP contribution < -0.4 is 18.9 Å². The van der Waals surface area contributed by atoms with E-state index in [1.165, 1.54) is 38.1 Å². The van der Waals surface area contributed by atoms with Crippen molar-refractivity contribution in [1.29, 1.82) is 0 Å². The summed E-state index contributed by atoms with van der Waals surface area (Å²) in [5.74, 6) is -8.65. The van der Waals surface area contributed by atoms with Gasteiger partial charge in [0.25, 0.3) is 0 Å². The van der Waals surface area contributed by atoms with Gasteiger partial charge in [-0.15, -0.1) is 0 Å². The van der Waals surface area contributed by atoms with Gasteiger partial charge in [0.15, 0.2) is 34.8 Å². The number of unbranched alkanes of at least 4 members (excludes halogenated alkanes) is 1. The number of benzene rings is 4. The SMILES string of the molecule is C/C(=C\c1cc(F)c(Oc2ccc(S(=O)(=O)NCCCCNS(=O)(=O)c3ccc(Oc4c(F)cc(/C=C(\C)C(=O)O)cc4F)cc3)cc2)c(F)c1)C(=O)O. The molecule has 4 N–H and O–H groups in total. The molecule has 4 rings (SSSR count). The summed E-state index contributed by atoms with van der Waals surface area (Å²) in [5.41, 5.74) is -0.358. The number of hydrogen-bond acceptors (Lipinski definition) is 8. The smallest absolute Gasteiger partial charge is 0.331 e. The van der Waals surface area contributed by atoms with Crippen LogP contribution in [0.25, 0.3) is 12.2 Å². The minimum absolute atomic E-state index is 0.0375. The van der Waals surface area contributed by atoms with Crippen molar-refractivity contribution in [1.82, 2.24) is 9.44 Å². The first-order chi connectivity index (χ1) is 25.4. The number of rotatable bonds is 17. The molecule has 0 unspecified atom stereocenters. The quantitative estimate of drug-likeness (QED) is 0.0501. The molecule has 0 amide bonds. The van der Waals surface area contributed by atoms with Crippen molar-refractivity contribution in [3.63, 3.8) is 0 Å². The Morgan fingerprint density at radius 1 is 0.593 bits per heavy atom. The molecule has 0 heterocycles. The molecule has 12 nitrogen and oxygen atoms in total. The molecule has 0 fully saturated rings. The van der Waals surface area contributed by atoms with E-state index in [9.17, 15) is 44.0 Å². The number of aliphatic carboxylic acids is 2. The minimum atomic E-state index is -4.02. The van der Waals surface area contributed by atoms with Gasteiger partial charge in [0.2, 0.25) is 20.0 Å². The van der Waals surface area contributed by atoms with Gasteiger partial charge in [-0.3, -0.25) is 0 Å². The predicted molar refractivity (Wildman–Crippen MR) is 188 cm³/mol. The molecule has 0 aliphatic carbocycles. The maximum atomic E-state index is 14.5. The molecule has 0 saturated heterocycles. The van der Waals surface area contributed by atoms with Crippen molar-refractivity contribution in [2.24, 2.45) is 0 Å². The van der Waals surface area contributed by atoms with Gasteiger partial charge in [0.1, 0.15) is 11.5 Å². The molecule has 0 aromatic heterocycles. The molecule has 286 valence electrons. The van der Waals surface area contributed by atoms with Crippen LogP contribution in [0.1, 0.15) is 37.8 Å². The number of carbonyl (C=O) groups is 2. The lowest BCUT2D eigenvalue weighted by molar-refractivity contribution is -0.133. The lowest BCUT2D eigenvalue weighted by Gasteiger charge is -2.11. The molecule has 0 atom stereocenters. The van der Waals surface area contributed by atoms with Gasteiger partial charge < -0.3 is 19.7 Å². The normalized spacial score (nSPS) is 12.4. The summed E-state index contributed by atoms with van der Waals surface area (Å²) in [4.78, 5) is 21.6. The lowest BCUT2D eigenvalue weighted by atomic mass is 10.1. The van der Waals surface area contributed by atoms with Crippen LogP contribution in [-0.4, -0.2) is 52.1 Å². The van der Waals surface area contributed by atoms with Crippen LogP contribution in [0.3, 0.4) is 0 Å². The van der Waals surface area contributed by atoms with Crippen LogP contribution in [0.15, 0.2) is 93.7 Å². The van der Waals surface area contributed by atoms with Crippen LogP contribution in [0.4, 0.5) is 17.6 Å². The highest BCUT2D eigenvalue weighted by atomic mass is 32.2. The second kappa shape index (κ2) is 17.5. The molecule has 54 heavy (non-hydrogen) atoms. The second-order valence-electron chi connectivity index (χ2n) is 11.5. The maximum Gasteiger partial charge on any atom is 0.331 e. The first kappa shape index (κ1) is 41.2. The molecule has 0 aliphatic heterocycles. The predicted octanol–water partition coefficient (Wildman–Crippen LogP) is 6.84. The van der Waals surface area contributed by atoms with Gasteiger partial charge in [-0.25, -0.2) is 53.4 Å². The Kier molecular flexibility index (Phi) is 13.4. The summed E-state index contributed by atoms with van der Waals surface area (Å²) < 4.78 is 124. The molecule has 0 bridgehead atoms. The van der Waals surface area contributed by atoms with Crippen LogP contribution >= 0.6 is 0 Å². The first-order valence-corrected chi connectivity index (χ1v) is 18.7. The lowest BCUT2D eigenvalue weighted by Crippen LogP contribution is -2.27. The molecular formula is C36H32F4N2O10S2. The van der Waals surface area contributed by atoms with Gasteiger partial charge in [-0.1, -0.05) is 0 Å². The molecule has 18 heteroatoms. The van der Waals surface area contributed by atoms with Crippen molar-refractivity contribution in [2.75, 3.05) is 13.1 Å². The first-order valence-electron chi connectivity index (χ1n) is 15.7. The number of carboxylic acids is 2. The van der Waals surface area contributed by atoms with E-state index in [1.54, 1.807) is 0 Å². The number of nitrogens with one attached hydrogen (secondary N) is 2. The topological polar surface area (TPSA) is 185 Å². The van der Waals surface area contributed by atoms with Crippen LogP contribution in [0, 0.1) is 23.3 Å². The molecule has 0 saturated carbocycles. The van der Waals surface area contributed by atoms with Gasteiger partial charge in [-0.2, -0.15) is 0 Å². The Morgan fingerprint density at radius 3 is 1.17 bits per heavy atom. The largest absolute Gasteiger partial charge is 0.478 e. The van der Waals surface area contributed by atoms with Crippen LogP contribution in [0.5, 0.6) is 23.0 Å². The van der Waals surface area contributed by atoms with Crippen molar-refractivity contribution < 1.29 is 63.7 Å². The zero-order chi connectivity index (χ0) is 39.8. The van der Waals surface area contributed by atoms with E-state index in [-0.39, 0.29) is 69.5 Å². The fourth-order valence-electron chi connectivity index (χ4n) is 4.58.